The predicted molar refractivity (Wildman–Crippen MR) is 20.2 cm³/mol. The molecule has 0 spiro atoms. The summed E-state index contributed by atoms with van der Waals surface area (Å²) >= 11 is 0. The molecule has 0 aliphatic carbocycles. The van der Waals surface area contributed by atoms with Crippen molar-refractivity contribution in [2.45, 2.75) is 0 Å². The van der Waals surface area contributed by atoms with Gasteiger partial charge in [0.1, 0.15) is 6.61 Å². The van der Waals surface area contributed by atoms with Crippen molar-refractivity contribution in [3.63, 3.8) is 0 Å². The van der Waals surface area contributed by atoms with Crippen molar-refractivity contribution in [3.05, 3.63) is 0 Å². The summed E-state index contributed by atoms with van der Waals surface area (Å²) in [7, 11) is 1.35. The Morgan fingerprint density at radius 2 is 2.50 bits per heavy atom. The third-order valence-corrected chi connectivity index (χ3v) is 0.385. The Hall–Kier alpha value is -0.570. The van der Waals surface area contributed by atoms with Crippen LogP contribution in [-0.2, 0) is 4.79 Å². The second kappa shape index (κ2) is 2.66. The van der Waals surface area contributed by atoms with E-state index in [4.69, 9.17) is 5.11 Å². The van der Waals surface area contributed by atoms with Gasteiger partial charge in [0, 0.05) is 7.05 Å². The molecular weight excluding hydrogens is 82.0 g/mol. The zero-order chi connectivity index (χ0) is 4.99. The molecule has 0 fully saturated rings. The van der Waals surface area contributed by atoms with Gasteiger partial charge in [-0.25, -0.2) is 0 Å². The Balaban J connectivity index is 2.99. The summed E-state index contributed by atoms with van der Waals surface area (Å²) in [6.07, 6.45) is 0. The van der Waals surface area contributed by atoms with Crippen molar-refractivity contribution in [1.82, 2.24) is 5.32 Å². The molecule has 0 saturated heterocycles. The van der Waals surface area contributed by atoms with E-state index in [2.05, 4.69) is 5.32 Å². The third-order valence-electron chi connectivity index (χ3n) is 0.385. The van der Waals surface area contributed by atoms with E-state index in [-0.39, 0.29) is 0 Å². The van der Waals surface area contributed by atoms with E-state index in [1.54, 1.807) is 0 Å². The van der Waals surface area contributed by atoms with E-state index >= 15 is 0 Å². The highest BCUT2D eigenvalue weighted by atomic mass is 16.3. The summed E-state index contributed by atoms with van der Waals surface area (Å²) < 4.78 is 0. The summed E-state index contributed by atoms with van der Waals surface area (Å²) in [6, 6.07) is 0. The second-order valence-electron chi connectivity index (χ2n) is 0.775. The number of nitrogens with zero attached hydrogens (tertiary/aromatic N) is 1. The van der Waals surface area contributed by atoms with E-state index in [0.717, 1.165) is 0 Å². The van der Waals surface area contributed by atoms with Gasteiger partial charge in [-0.05, 0) is 0 Å². The minimum Gasteiger partial charge on any atom is -0.386 e. The maximum atomic E-state index is 9.76. The molecule has 0 saturated carbocycles. The van der Waals surface area contributed by atoms with Gasteiger partial charge in [-0.15, -0.1) is 0 Å². The molecule has 0 aromatic carbocycles. The predicted octanol–water partition coefficient (Wildman–Crippen LogP) is -1.26. The number of aliphatic hydroxyl groups is 1. The largest absolute Gasteiger partial charge is 0.386 e. The first-order valence-electron chi connectivity index (χ1n) is 1.54. The lowest BCUT2D eigenvalue weighted by Gasteiger charge is -1.82. The fourth-order valence-electron chi connectivity index (χ4n) is 0.0707. The summed E-state index contributed by atoms with van der Waals surface area (Å²) in [6.45, 7) is -0.476. The Morgan fingerprint density at radius 3 is 2.50 bits per heavy atom. The highest BCUT2D eigenvalue weighted by Crippen LogP contribution is 1.54. The Labute approximate surface area is 36.0 Å². The normalized spacial score (nSPS) is 7.67. The van der Waals surface area contributed by atoms with Crippen LogP contribution in [0.4, 0.5) is 0 Å². The number of aliphatic hydroxyl groups excluding tert-OH is 1. The smallest absolute Gasteiger partial charge is 0.266 e. The molecule has 0 aromatic rings. The van der Waals surface area contributed by atoms with Gasteiger partial charge in [0.2, 0.25) is 0 Å². The molecule has 0 rings (SSSR count). The minimum atomic E-state index is -0.477. The highest BCUT2D eigenvalue weighted by Gasteiger charge is 1.89. The molecule has 0 bridgehead atoms. The summed E-state index contributed by atoms with van der Waals surface area (Å²) in [5.41, 5.74) is 0. The molecule has 1 radical (unpaired) electrons. The average molecular weight is 88.1 g/mol. The number of carbonyl (C=O) groups excluding carboxylic acids is 1. The molecule has 0 heterocycles. The van der Waals surface area contributed by atoms with E-state index in [9.17, 15) is 4.79 Å². The van der Waals surface area contributed by atoms with Crippen LogP contribution >= 0.6 is 0 Å². The number of likely N-dealkylation sites (N-methyl/N-ethyl adjacent to an activating group) is 1. The summed E-state index contributed by atoms with van der Waals surface area (Å²) in [5, 5.41) is 11.0. The van der Waals surface area contributed by atoms with Crippen LogP contribution in [0.25, 0.3) is 0 Å². The minimum absolute atomic E-state index is 0.476. The molecule has 3 heteroatoms. The number of rotatable bonds is 1. The van der Waals surface area contributed by atoms with Crippen LogP contribution in [0.1, 0.15) is 0 Å². The quantitative estimate of drug-likeness (QED) is 0.435. The van der Waals surface area contributed by atoms with Crippen LogP contribution in [-0.4, -0.2) is 24.7 Å². The van der Waals surface area contributed by atoms with Gasteiger partial charge >= 0.3 is 0 Å². The molecule has 35 valence electrons. The Bertz CT molecular complexity index is 46.8. The van der Waals surface area contributed by atoms with Gasteiger partial charge in [-0.3, -0.25) is 10.1 Å². The summed E-state index contributed by atoms with van der Waals surface area (Å²) in [4.78, 5) is 9.76. The molecule has 0 aliphatic heterocycles. The summed E-state index contributed by atoms with van der Waals surface area (Å²) in [5.74, 6) is -0.477. The standard InChI is InChI=1S/C3H6NO2/c1-4-3(6)2-5/h5H,2H2,1H3. The van der Waals surface area contributed by atoms with Crippen LogP contribution in [0.5, 0.6) is 0 Å². The van der Waals surface area contributed by atoms with Gasteiger partial charge in [0.05, 0.1) is 0 Å². The van der Waals surface area contributed by atoms with E-state index in [1.807, 2.05) is 0 Å². The SMILES string of the molecule is C[N]C(=O)CO. The number of carbonyl (C=O) groups is 1. The van der Waals surface area contributed by atoms with Gasteiger partial charge < -0.3 is 5.11 Å². The maximum absolute atomic E-state index is 9.76. The first kappa shape index (κ1) is 5.43. The van der Waals surface area contributed by atoms with Crippen molar-refractivity contribution in [1.29, 1.82) is 0 Å². The lowest BCUT2D eigenvalue weighted by molar-refractivity contribution is -0.123. The number of hydrogen-bond donors (Lipinski definition) is 1. The first-order chi connectivity index (χ1) is 2.81. The third kappa shape index (κ3) is 1.72. The molecule has 6 heavy (non-hydrogen) atoms. The zero-order valence-corrected chi connectivity index (χ0v) is 3.51. The van der Waals surface area contributed by atoms with Crippen LogP contribution in [0.2, 0.25) is 0 Å². The molecule has 1 amide bonds. The molecule has 0 atom stereocenters. The van der Waals surface area contributed by atoms with Crippen LogP contribution in [0.3, 0.4) is 0 Å². The highest BCUT2D eigenvalue weighted by molar-refractivity contribution is 5.76. The fourth-order valence-corrected chi connectivity index (χ4v) is 0.0707. The van der Waals surface area contributed by atoms with Crippen molar-refractivity contribution in [3.8, 4) is 0 Å². The van der Waals surface area contributed by atoms with Gasteiger partial charge in [-0.2, -0.15) is 0 Å². The number of hydrogen-bond acceptors (Lipinski definition) is 2. The monoisotopic (exact) mass is 88.0 g/mol. The van der Waals surface area contributed by atoms with Crippen molar-refractivity contribution in [2.75, 3.05) is 13.7 Å². The van der Waals surface area contributed by atoms with E-state index in [0.29, 0.717) is 0 Å². The van der Waals surface area contributed by atoms with Crippen LogP contribution in [0, 0.1) is 0 Å². The molecular formula is C3H6NO2. The molecule has 0 unspecified atom stereocenters. The van der Waals surface area contributed by atoms with Crippen molar-refractivity contribution >= 4 is 5.91 Å². The van der Waals surface area contributed by atoms with Gasteiger partial charge in [0.15, 0.2) is 0 Å². The van der Waals surface area contributed by atoms with E-state index < -0.39 is 12.5 Å². The van der Waals surface area contributed by atoms with Crippen molar-refractivity contribution in [2.24, 2.45) is 0 Å². The second-order valence-corrected chi connectivity index (χ2v) is 0.775. The lowest BCUT2D eigenvalue weighted by atomic mass is 10.7. The van der Waals surface area contributed by atoms with Gasteiger partial charge in [-0.1, -0.05) is 0 Å². The number of amides is 1. The molecule has 3 nitrogen and oxygen atoms in total. The lowest BCUT2D eigenvalue weighted by Crippen LogP contribution is -2.13. The fraction of sp³-hybridized carbons (Fsp3) is 0.667. The Kier molecular flexibility index (Phi) is 2.40. The van der Waals surface area contributed by atoms with Crippen LogP contribution < -0.4 is 5.32 Å². The average Bonchev–Trinajstić information content (AvgIpc) is 1.65. The molecule has 0 aliphatic rings. The maximum Gasteiger partial charge on any atom is 0.266 e. The zero-order valence-electron chi connectivity index (χ0n) is 3.51. The van der Waals surface area contributed by atoms with Gasteiger partial charge in [0.25, 0.3) is 5.91 Å². The van der Waals surface area contributed by atoms with Crippen molar-refractivity contribution < 1.29 is 9.90 Å². The van der Waals surface area contributed by atoms with E-state index in [1.165, 1.54) is 7.05 Å². The molecule has 0 aromatic heterocycles. The molecule has 1 N–H and O–H groups in total. The first-order valence-corrected chi connectivity index (χ1v) is 1.54. The topological polar surface area (TPSA) is 51.4 Å². The van der Waals surface area contributed by atoms with Crippen LogP contribution in [0.15, 0.2) is 0 Å². The Morgan fingerprint density at radius 1 is 2.00 bits per heavy atom.